The minimum Gasteiger partial charge on any atom is -0.478 e. The molecule has 0 aliphatic carbocycles. The van der Waals surface area contributed by atoms with E-state index in [1.165, 1.54) is 0 Å². The van der Waals surface area contributed by atoms with Crippen molar-refractivity contribution in [1.82, 2.24) is 16.0 Å². The molecule has 0 bridgehead atoms. The molecule has 12 heteroatoms. The van der Waals surface area contributed by atoms with Crippen LogP contribution < -0.4 is 20.7 Å². The fraction of sp³-hybridized carbons (Fsp3) is 0.451. The standard InChI is InChI=1S/C51H70ClN3O8/c1-4-5-6-7-8-9-10-11-12-13-14-15-16-17-18-19-20-21-22-23-47(58)53-36-33-44(49(60)62-40-42(38-56)39-57)34-37-55-50(61)51(2,3)63-46-30-24-41(25-31-46)32-35-54-48(59)43-26-28-45(52)29-27-43/h5-6,8-9,11-12,14-15,17-18,20-21,24-31,42,44,56-57H,4,7,10,13,16,19,22-23,32-40H2,1-3H3,(H,53,58)(H,54,59)(H,55,61). The van der Waals surface area contributed by atoms with E-state index in [4.69, 9.17) is 21.1 Å². The van der Waals surface area contributed by atoms with Crippen molar-refractivity contribution in [3.05, 3.63) is 138 Å². The van der Waals surface area contributed by atoms with E-state index in [2.05, 4.69) is 83.6 Å². The molecule has 11 nitrogen and oxygen atoms in total. The molecule has 2 aromatic rings. The number of hydrogen-bond acceptors (Lipinski definition) is 8. The monoisotopic (exact) mass is 887 g/mol. The van der Waals surface area contributed by atoms with E-state index < -0.39 is 23.4 Å². The molecule has 5 N–H and O–H groups in total. The number of halogens is 1. The van der Waals surface area contributed by atoms with Gasteiger partial charge in [0.05, 0.1) is 25.7 Å². The van der Waals surface area contributed by atoms with Crippen molar-refractivity contribution >= 4 is 35.3 Å². The van der Waals surface area contributed by atoms with E-state index in [-0.39, 0.29) is 63.5 Å². The summed E-state index contributed by atoms with van der Waals surface area (Å²) in [5.41, 5.74) is 0.266. The number of benzene rings is 2. The fourth-order valence-corrected chi connectivity index (χ4v) is 5.98. The van der Waals surface area contributed by atoms with Crippen LogP contribution in [0.5, 0.6) is 5.75 Å². The summed E-state index contributed by atoms with van der Waals surface area (Å²) < 4.78 is 11.4. The van der Waals surface area contributed by atoms with E-state index in [9.17, 15) is 29.4 Å². The third-order valence-corrected chi connectivity index (χ3v) is 9.94. The number of amides is 3. The molecule has 2 aromatic carbocycles. The predicted molar refractivity (Wildman–Crippen MR) is 253 cm³/mol. The van der Waals surface area contributed by atoms with Crippen LogP contribution in [0, 0.1) is 11.8 Å². The number of hydrogen-bond donors (Lipinski definition) is 5. The van der Waals surface area contributed by atoms with Crippen molar-refractivity contribution in [2.24, 2.45) is 11.8 Å². The molecular weight excluding hydrogens is 818 g/mol. The lowest BCUT2D eigenvalue weighted by Gasteiger charge is -2.26. The molecule has 0 heterocycles. The van der Waals surface area contributed by atoms with Crippen molar-refractivity contribution in [3.8, 4) is 5.75 Å². The van der Waals surface area contributed by atoms with Crippen molar-refractivity contribution < 1.29 is 38.9 Å². The number of aliphatic hydroxyl groups is 2. The number of allylic oxidation sites excluding steroid dienone is 12. The van der Waals surface area contributed by atoms with E-state index in [0.717, 1.165) is 44.1 Å². The first-order valence-electron chi connectivity index (χ1n) is 22.1. The average molecular weight is 889 g/mol. The molecule has 2 rings (SSSR count). The molecule has 0 saturated carbocycles. The Morgan fingerprint density at radius 1 is 0.683 bits per heavy atom. The molecule has 344 valence electrons. The van der Waals surface area contributed by atoms with Crippen LogP contribution in [0.1, 0.15) is 101 Å². The third-order valence-electron chi connectivity index (χ3n) is 9.69. The van der Waals surface area contributed by atoms with Gasteiger partial charge in [-0.2, -0.15) is 0 Å². The zero-order valence-corrected chi connectivity index (χ0v) is 38.2. The summed E-state index contributed by atoms with van der Waals surface area (Å²) in [4.78, 5) is 51.2. The summed E-state index contributed by atoms with van der Waals surface area (Å²) in [6.45, 7) is 5.43. The highest BCUT2D eigenvalue weighted by molar-refractivity contribution is 6.30. The molecule has 0 radical (unpaired) electrons. The maximum atomic E-state index is 13.2. The van der Waals surface area contributed by atoms with E-state index in [1.807, 2.05) is 24.3 Å². The second-order valence-corrected chi connectivity index (χ2v) is 15.9. The van der Waals surface area contributed by atoms with Crippen LogP contribution in [0.2, 0.25) is 5.02 Å². The van der Waals surface area contributed by atoms with Crippen LogP contribution in [0.15, 0.2) is 121 Å². The Balaban J connectivity index is 1.73. The Hall–Kier alpha value is -5.23. The first-order valence-corrected chi connectivity index (χ1v) is 22.5. The van der Waals surface area contributed by atoms with Gasteiger partial charge in [-0.3, -0.25) is 19.2 Å². The smallest absolute Gasteiger partial charge is 0.309 e. The van der Waals surface area contributed by atoms with Gasteiger partial charge in [0, 0.05) is 42.6 Å². The topological polar surface area (TPSA) is 163 Å². The summed E-state index contributed by atoms with van der Waals surface area (Å²) >= 11 is 5.90. The lowest BCUT2D eigenvalue weighted by atomic mass is 10.0. The molecule has 3 amide bonds. The molecule has 0 aliphatic heterocycles. The quantitative estimate of drug-likeness (QED) is 0.0360. The van der Waals surface area contributed by atoms with E-state index >= 15 is 0 Å². The summed E-state index contributed by atoms with van der Waals surface area (Å²) in [6.07, 6.45) is 33.3. The second kappa shape index (κ2) is 33.3. The zero-order chi connectivity index (χ0) is 46.0. The van der Waals surface area contributed by atoms with Gasteiger partial charge in [0.15, 0.2) is 5.60 Å². The maximum absolute atomic E-state index is 13.2. The van der Waals surface area contributed by atoms with Gasteiger partial charge in [0.1, 0.15) is 5.75 Å². The highest BCUT2D eigenvalue weighted by Crippen LogP contribution is 2.20. The summed E-state index contributed by atoms with van der Waals surface area (Å²) in [6, 6.07) is 13.9. The summed E-state index contributed by atoms with van der Waals surface area (Å²) in [5, 5.41) is 28.0. The van der Waals surface area contributed by atoms with Crippen molar-refractivity contribution in [1.29, 1.82) is 0 Å². The molecular formula is C51H70ClN3O8. The van der Waals surface area contributed by atoms with E-state index in [1.54, 1.807) is 50.2 Å². The number of rotatable bonds is 32. The molecule has 0 spiro atoms. The van der Waals surface area contributed by atoms with Gasteiger partial charge in [0.25, 0.3) is 11.8 Å². The maximum Gasteiger partial charge on any atom is 0.309 e. The summed E-state index contributed by atoms with van der Waals surface area (Å²) in [5.74, 6) is -2.01. The minimum atomic E-state index is -1.24. The van der Waals surface area contributed by atoms with Crippen LogP contribution in [-0.4, -0.2) is 79.0 Å². The van der Waals surface area contributed by atoms with Gasteiger partial charge in [-0.1, -0.05) is 104 Å². The van der Waals surface area contributed by atoms with Crippen molar-refractivity contribution in [3.63, 3.8) is 0 Å². The van der Waals surface area contributed by atoms with Gasteiger partial charge >= 0.3 is 5.97 Å². The molecule has 1 unspecified atom stereocenters. The van der Waals surface area contributed by atoms with Crippen LogP contribution in [0.4, 0.5) is 0 Å². The first-order chi connectivity index (χ1) is 30.5. The number of nitrogens with one attached hydrogen (secondary N) is 3. The molecule has 0 fully saturated rings. The van der Waals surface area contributed by atoms with Gasteiger partial charge in [-0.05, 0) is 120 Å². The minimum absolute atomic E-state index is 0.136. The molecule has 0 aliphatic rings. The Morgan fingerprint density at radius 3 is 1.75 bits per heavy atom. The van der Waals surface area contributed by atoms with Gasteiger partial charge in [0.2, 0.25) is 5.91 Å². The highest BCUT2D eigenvalue weighted by atomic mass is 35.5. The lowest BCUT2D eigenvalue weighted by molar-refractivity contribution is -0.151. The number of esters is 1. The van der Waals surface area contributed by atoms with Crippen LogP contribution in [0.3, 0.4) is 0 Å². The molecule has 0 saturated heterocycles. The number of carbonyl (C=O) groups is 4. The Bertz CT molecular complexity index is 1800. The second-order valence-electron chi connectivity index (χ2n) is 15.5. The molecule has 63 heavy (non-hydrogen) atoms. The largest absolute Gasteiger partial charge is 0.478 e. The molecule has 0 aromatic heterocycles. The Kier molecular flexibility index (Phi) is 28.5. The normalized spacial score (nSPS) is 12.7. The highest BCUT2D eigenvalue weighted by Gasteiger charge is 2.30. The molecule has 1 atom stereocenters. The van der Waals surface area contributed by atoms with Gasteiger partial charge in [-0.15, -0.1) is 0 Å². The summed E-state index contributed by atoms with van der Waals surface area (Å²) in [7, 11) is 0. The lowest BCUT2D eigenvalue weighted by Crippen LogP contribution is -2.47. The predicted octanol–water partition coefficient (Wildman–Crippen LogP) is 8.72. The average Bonchev–Trinajstić information content (AvgIpc) is 3.27. The number of carbonyl (C=O) groups excluding carboxylic acids is 4. The fourth-order valence-electron chi connectivity index (χ4n) is 5.85. The first kappa shape index (κ1) is 53.9. The van der Waals surface area contributed by atoms with Crippen LogP contribution in [0.25, 0.3) is 0 Å². The SMILES string of the molecule is CCC=CCC=CCC=CCC=CCC=CCC=CCCC(=O)NCCC(CCNC(=O)C(C)(C)Oc1ccc(CCNC(=O)c2ccc(Cl)cc2)cc1)C(=O)OCC(CO)CO. The number of ether oxygens (including phenoxy) is 2. The van der Waals surface area contributed by atoms with Crippen molar-refractivity contribution in [2.45, 2.75) is 97.0 Å². The Labute approximate surface area is 380 Å². The van der Waals surface area contributed by atoms with Gasteiger partial charge < -0.3 is 35.6 Å². The number of aliphatic hydroxyl groups excluding tert-OH is 2. The third kappa shape index (κ3) is 25.5. The van der Waals surface area contributed by atoms with Crippen LogP contribution in [-0.2, 0) is 25.5 Å². The van der Waals surface area contributed by atoms with Gasteiger partial charge in [-0.25, -0.2) is 0 Å². The van der Waals surface area contributed by atoms with Crippen LogP contribution >= 0.6 is 11.6 Å². The Morgan fingerprint density at radius 2 is 1.21 bits per heavy atom. The zero-order valence-electron chi connectivity index (χ0n) is 37.4. The van der Waals surface area contributed by atoms with E-state index in [0.29, 0.717) is 42.1 Å². The van der Waals surface area contributed by atoms with Crippen molar-refractivity contribution in [2.75, 3.05) is 39.5 Å².